The summed E-state index contributed by atoms with van der Waals surface area (Å²) in [5.41, 5.74) is 0. The summed E-state index contributed by atoms with van der Waals surface area (Å²) in [7, 11) is 0. The first-order valence-electron chi connectivity index (χ1n) is 8.31. The van der Waals surface area contributed by atoms with Crippen molar-refractivity contribution in [3.8, 4) is 0 Å². The Balaban J connectivity index is 3.07. The second-order valence-electron chi connectivity index (χ2n) is 6.23. The highest BCUT2D eigenvalue weighted by atomic mass is 16.3. The molecule has 1 nitrogen and oxygen atoms in total. The van der Waals surface area contributed by atoms with Crippen molar-refractivity contribution in [3.05, 3.63) is 0 Å². The lowest BCUT2D eigenvalue weighted by Gasteiger charge is -2.09. The van der Waals surface area contributed by atoms with E-state index in [4.69, 9.17) is 5.11 Å². The summed E-state index contributed by atoms with van der Waals surface area (Å²) in [6, 6.07) is 0. The Kier molecular flexibility index (Phi) is 13.4. The molecule has 0 heterocycles. The van der Waals surface area contributed by atoms with E-state index in [1.165, 1.54) is 70.6 Å². The third kappa shape index (κ3) is 12.4. The maximum atomic E-state index is 8.92. The SMILES string of the molecule is CCCC(C)CCCCCCCCCC(C)CO. The number of rotatable bonds is 13. The fourth-order valence-electron chi connectivity index (χ4n) is 2.60. The molecule has 0 fully saturated rings. The highest BCUT2D eigenvalue weighted by molar-refractivity contribution is 4.54. The fourth-order valence-corrected chi connectivity index (χ4v) is 2.60. The number of unbranched alkanes of at least 4 members (excludes halogenated alkanes) is 6. The first-order chi connectivity index (χ1) is 8.70. The molecule has 0 aromatic heterocycles. The van der Waals surface area contributed by atoms with E-state index in [2.05, 4.69) is 20.8 Å². The van der Waals surface area contributed by atoms with Gasteiger partial charge in [0.25, 0.3) is 0 Å². The smallest absolute Gasteiger partial charge is 0.0456 e. The van der Waals surface area contributed by atoms with Gasteiger partial charge < -0.3 is 5.11 Å². The number of hydrogen-bond donors (Lipinski definition) is 1. The molecule has 0 aromatic carbocycles. The zero-order valence-corrected chi connectivity index (χ0v) is 13.1. The van der Waals surface area contributed by atoms with Crippen molar-refractivity contribution in [1.29, 1.82) is 0 Å². The lowest BCUT2D eigenvalue weighted by molar-refractivity contribution is 0.227. The summed E-state index contributed by atoms with van der Waals surface area (Å²) >= 11 is 0. The van der Waals surface area contributed by atoms with Crippen LogP contribution in [0.4, 0.5) is 0 Å². The van der Waals surface area contributed by atoms with Gasteiger partial charge in [-0.25, -0.2) is 0 Å². The molecule has 0 spiro atoms. The molecule has 0 amide bonds. The lowest BCUT2D eigenvalue weighted by Crippen LogP contribution is -1.99. The van der Waals surface area contributed by atoms with Gasteiger partial charge in [-0.15, -0.1) is 0 Å². The third-order valence-electron chi connectivity index (χ3n) is 3.99. The molecule has 0 aliphatic heterocycles. The molecular formula is C17H36O. The predicted molar refractivity (Wildman–Crippen MR) is 81.9 cm³/mol. The molecule has 0 aromatic rings. The van der Waals surface area contributed by atoms with E-state index in [1.807, 2.05) is 0 Å². The van der Waals surface area contributed by atoms with Crippen molar-refractivity contribution in [3.63, 3.8) is 0 Å². The third-order valence-corrected chi connectivity index (χ3v) is 3.99. The number of aliphatic hydroxyl groups excluding tert-OH is 1. The predicted octanol–water partition coefficient (Wildman–Crippen LogP) is 5.56. The molecule has 1 heteroatoms. The number of hydrogen-bond acceptors (Lipinski definition) is 1. The Hall–Kier alpha value is -0.0400. The average molecular weight is 256 g/mol. The average Bonchev–Trinajstić information content (AvgIpc) is 2.36. The summed E-state index contributed by atoms with van der Waals surface area (Å²) in [4.78, 5) is 0. The molecule has 0 rings (SSSR count). The summed E-state index contributed by atoms with van der Waals surface area (Å²) in [6.07, 6.45) is 15.1. The molecule has 110 valence electrons. The molecule has 0 radical (unpaired) electrons. The van der Waals surface area contributed by atoms with E-state index >= 15 is 0 Å². The van der Waals surface area contributed by atoms with Gasteiger partial charge in [0, 0.05) is 6.61 Å². The van der Waals surface area contributed by atoms with E-state index in [1.54, 1.807) is 0 Å². The normalized spacial score (nSPS) is 14.7. The minimum Gasteiger partial charge on any atom is -0.396 e. The largest absolute Gasteiger partial charge is 0.396 e. The molecule has 0 aliphatic rings. The van der Waals surface area contributed by atoms with Crippen molar-refractivity contribution < 1.29 is 5.11 Å². The quantitative estimate of drug-likeness (QED) is 0.428. The summed E-state index contributed by atoms with van der Waals surface area (Å²) in [6.45, 7) is 7.17. The molecule has 1 N–H and O–H groups in total. The lowest BCUT2D eigenvalue weighted by atomic mass is 9.97. The Morgan fingerprint density at radius 1 is 0.667 bits per heavy atom. The van der Waals surface area contributed by atoms with Crippen LogP contribution in [0.25, 0.3) is 0 Å². The van der Waals surface area contributed by atoms with Crippen LogP contribution in [-0.2, 0) is 0 Å². The zero-order valence-electron chi connectivity index (χ0n) is 13.1. The second kappa shape index (κ2) is 13.4. The van der Waals surface area contributed by atoms with Crippen molar-refractivity contribution in [2.24, 2.45) is 11.8 Å². The summed E-state index contributed by atoms with van der Waals surface area (Å²) < 4.78 is 0. The van der Waals surface area contributed by atoms with Gasteiger partial charge in [0.05, 0.1) is 0 Å². The maximum Gasteiger partial charge on any atom is 0.0456 e. The van der Waals surface area contributed by atoms with Gasteiger partial charge in [0.1, 0.15) is 0 Å². The van der Waals surface area contributed by atoms with Gasteiger partial charge in [-0.1, -0.05) is 85.0 Å². The van der Waals surface area contributed by atoms with Crippen LogP contribution >= 0.6 is 0 Å². The second-order valence-corrected chi connectivity index (χ2v) is 6.23. The zero-order chi connectivity index (χ0) is 13.6. The van der Waals surface area contributed by atoms with E-state index in [-0.39, 0.29) is 0 Å². The Bertz CT molecular complexity index is 156. The van der Waals surface area contributed by atoms with Gasteiger partial charge in [-0.2, -0.15) is 0 Å². The van der Waals surface area contributed by atoms with Crippen LogP contribution in [0.2, 0.25) is 0 Å². The standard InChI is InChI=1S/C17H36O/c1-4-12-16(2)13-10-8-6-5-7-9-11-14-17(3)15-18/h16-18H,4-15H2,1-3H3. The Morgan fingerprint density at radius 2 is 1.11 bits per heavy atom. The highest BCUT2D eigenvalue weighted by Gasteiger charge is 2.01. The molecule has 0 aliphatic carbocycles. The molecule has 0 saturated carbocycles. The monoisotopic (exact) mass is 256 g/mol. The summed E-state index contributed by atoms with van der Waals surface area (Å²) in [5, 5.41) is 8.92. The molecule has 0 saturated heterocycles. The minimum atomic E-state index is 0.357. The fraction of sp³-hybridized carbons (Fsp3) is 1.00. The molecular weight excluding hydrogens is 220 g/mol. The number of aliphatic hydroxyl groups is 1. The van der Waals surface area contributed by atoms with Gasteiger partial charge in [-0.05, 0) is 18.3 Å². The van der Waals surface area contributed by atoms with Crippen molar-refractivity contribution in [2.45, 2.75) is 91.4 Å². The first kappa shape index (κ1) is 18.0. The van der Waals surface area contributed by atoms with E-state index in [0.29, 0.717) is 12.5 Å². The minimum absolute atomic E-state index is 0.357. The van der Waals surface area contributed by atoms with E-state index in [0.717, 1.165) is 5.92 Å². The van der Waals surface area contributed by atoms with E-state index in [9.17, 15) is 0 Å². The maximum absolute atomic E-state index is 8.92. The van der Waals surface area contributed by atoms with Gasteiger partial charge in [0.2, 0.25) is 0 Å². The molecule has 2 unspecified atom stereocenters. The summed E-state index contributed by atoms with van der Waals surface area (Å²) in [5.74, 6) is 1.44. The van der Waals surface area contributed by atoms with Crippen molar-refractivity contribution in [2.75, 3.05) is 6.61 Å². The first-order valence-corrected chi connectivity index (χ1v) is 8.31. The van der Waals surface area contributed by atoms with Crippen molar-refractivity contribution >= 4 is 0 Å². The van der Waals surface area contributed by atoms with Crippen LogP contribution in [0, 0.1) is 11.8 Å². The van der Waals surface area contributed by atoms with Gasteiger partial charge >= 0.3 is 0 Å². The topological polar surface area (TPSA) is 20.2 Å². The van der Waals surface area contributed by atoms with E-state index < -0.39 is 0 Å². The Morgan fingerprint density at radius 3 is 1.56 bits per heavy atom. The highest BCUT2D eigenvalue weighted by Crippen LogP contribution is 2.16. The van der Waals surface area contributed by atoms with Crippen LogP contribution < -0.4 is 0 Å². The molecule has 18 heavy (non-hydrogen) atoms. The Labute approximate surface area is 115 Å². The van der Waals surface area contributed by atoms with Crippen LogP contribution in [0.3, 0.4) is 0 Å². The molecule has 2 atom stereocenters. The van der Waals surface area contributed by atoms with Gasteiger partial charge in [0.15, 0.2) is 0 Å². The van der Waals surface area contributed by atoms with Crippen LogP contribution in [0.15, 0.2) is 0 Å². The van der Waals surface area contributed by atoms with Crippen molar-refractivity contribution in [1.82, 2.24) is 0 Å². The van der Waals surface area contributed by atoms with Crippen LogP contribution in [0.1, 0.15) is 91.4 Å². The van der Waals surface area contributed by atoms with Crippen LogP contribution in [0.5, 0.6) is 0 Å². The molecule has 0 bridgehead atoms. The van der Waals surface area contributed by atoms with Crippen LogP contribution in [-0.4, -0.2) is 11.7 Å². The van der Waals surface area contributed by atoms with Gasteiger partial charge in [-0.3, -0.25) is 0 Å².